The molecule has 0 saturated heterocycles. The van der Waals surface area contributed by atoms with Gasteiger partial charge in [-0.05, 0) is 50.4 Å². The second-order valence-electron chi connectivity index (χ2n) is 6.85. The largest absolute Gasteiger partial charge is 0.516 e. The van der Waals surface area contributed by atoms with Crippen molar-refractivity contribution in [3.8, 4) is 0 Å². The third-order valence-corrected chi connectivity index (χ3v) is 6.11. The highest BCUT2D eigenvalue weighted by Crippen LogP contribution is 2.61. The molecule has 120 valence electrons. The minimum absolute atomic E-state index is 0.0478. The van der Waals surface area contributed by atoms with E-state index in [1.807, 2.05) is 0 Å². The predicted octanol–water partition coefficient (Wildman–Crippen LogP) is 1.28. The molecule has 0 aromatic carbocycles. The van der Waals surface area contributed by atoms with E-state index >= 15 is 0 Å². The first-order valence-electron chi connectivity index (χ1n) is 6.81. The second-order valence-corrected chi connectivity index (χ2v) is 8.52. The van der Waals surface area contributed by atoms with Crippen LogP contribution >= 0.6 is 0 Å². The van der Waals surface area contributed by atoms with E-state index < -0.39 is 32.5 Å². The van der Waals surface area contributed by atoms with Gasteiger partial charge in [0.25, 0.3) is 0 Å². The first-order valence-corrected chi connectivity index (χ1v) is 8.29. The molecule has 2 unspecified atom stereocenters. The predicted molar refractivity (Wildman–Crippen MR) is 65.2 cm³/mol. The van der Waals surface area contributed by atoms with Gasteiger partial charge in [-0.1, -0.05) is 0 Å². The molecule has 21 heavy (non-hydrogen) atoms. The molecule has 0 aromatic rings. The van der Waals surface area contributed by atoms with Crippen molar-refractivity contribution in [3.05, 3.63) is 0 Å². The summed E-state index contributed by atoms with van der Waals surface area (Å²) >= 11 is 0. The quantitative estimate of drug-likeness (QED) is 0.800. The smallest absolute Gasteiger partial charge is 0.390 e. The minimum atomic E-state index is -5.69. The summed E-state index contributed by atoms with van der Waals surface area (Å²) in [5.74, 6) is -0.960. The Hall–Kier alpha value is -0.830. The number of hydrogen-bond donors (Lipinski definition) is 2. The van der Waals surface area contributed by atoms with Crippen LogP contribution in [0, 0.1) is 17.3 Å². The Morgan fingerprint density at radius 3 is 2.10 bits per heavy atom. The van der Waals surface area contributed by atoms with E-state index in [2.05, 4.69) is 0 Å². The van der Waals surface area contributed by atoms with E-state index in [1.165, 1.54) is 4.72 Å². The topological polar surface area (TPSA) is 83.5 Å². The van der Waals surface area contributed by atoms with Crippen molar-refractivity contribution >= 4 is 15.9 Å². The molecule has 9 heteroatoms. The molecule has 2 N–H and O–H groups in total. The summed E-state index contributed by atoms with van der Waals surface area (Å²) in [6.07, 6.45) is 2.70. The number of nitrogens with one attached hydrogen (secondary N) is 1. The number of amides is 1. The number of carbonyl (C=O) groups is 1. The fraction of sp³-hybridized carbons (Fsp3) is 0.917. The van der Waals surface area contributed by atoms with E-state index in [9.17, 15) is 31.5 Å². The average Bonchev–Trinajstić information content (AvgIpc) is 2.22. The number of alkyl halides is 3. The molecule has 4 aliphatic carbocycles. The summed E-state index contributed by atoms with van der Waals surface area (Å²) in [7, 11) is -5.69. The summed E-state index contributed by atoms with van der Waals surface area (Å²) in [5, 5.41) is 10.4. The SMILES string of the molecule is O=C(NS(=O)(=O)C(F)(F)F)C12CC3CC(CC(O)(C3)C1)C2. The van der Waals surface area contributed by atoms with Crippen LogP contribution in [0.15, 0.2) is 0 Å². The van der Waals surface area contributed by atoms with Crippen LogP contribution in [0.25, 0.3) is 0 Å². The van der Waals surface area contributed by atoms with Crippen LogP contribution in [0.3, 0.4) is 0 Å². The highest BCUT2D eigenvalue weighted by molar-refractivity contribution is 7.90. The monoisotopic (exact) mass is 327 g/mol. The summed E-state index contributed by atoms with van der Waals surface area (Å²) in [5.41, 5.74) is -7.73. The van der Waals surface area contributed by atoms with Crippen molar-refractivity contribution in [2.24, 2.45) is 17.3 Å². The van der Waals surface area contributed by atoms with Gasteiger partial charge < -0.3 is 5.11 Å². The summed E-state index contributed by atoms with van der Waals surface area (Å²) in [4.78, 5) is 12.2. The van der Waals surface area contributed by atoms with Crippen LogP contribution in [0.4, 0.5) is 13.2 Å². The van der Waals surface area contributed by atoms with Gasteiger partial charge in [0.1, 0.15) is 0 Å². The first kappa shape index (κ1) is 15.1. The molecule has 0 radical (unpaired) electrons. The lowest BCUT2D eigenvalue weighted by Gasteiger charge is -2.59. The highest BCUT2D eigenvalue weighted by atomic mass is 32.2. The Kier molecular flexibility index (Phi) is 2.96. The van der Waals surface area contributed by atoms with E-state index in [1.54, 1.807) is 0 Å². The maximum atomic E-state index is 12.4. The summed E-state index contributed by atoms with van der Waals surface area (Å²) in [6.45, 7) is 0. The van der Waals surface area contributed by atoms with E-state index in [4.69, 9.17) is 0 Å². The standard InChI is InChI=1S/C12H16F3NO4S/c13-12(14,15)21(19,20)16-9(17)10-2-7-1-8(3-10)5-11(18,4-7)6-10/h7-8,18H,1-6H2,(H,16,17). The second kappa shape index (κ2) is 4.13. The van der Waals surface area contributed by atoms with E-state index in [0.29, 0.717) is 25.7 Å². The van der Waals surface area contributed by atoms with Gasteiger partial charge >= 0.3 is 15.5 Å². The number of carbonyl (C=O) groups excluding carboxylic acids is 1. The Balaban J connectivity index is 1.85. The summed E-state index contributed by atoms with van der Waals surface area (Å²) < 4.78 is 60.6. The Labute approximate surface area is 119 Å². The van der Waals surface area contributed by atoms with Crippen molar-refractivity contribution in [1.82, 2.24) is 4.72 Å². The van der Waals surface area contributed by atoms with Crippen LogP contribution in [-0.4, -0.2) is 30.5 Å². The van der Waals surface area contributed by atoms with E-state index in [0.717, 1.165) is 6.42 Å². The van der Waals surface area contributed by atoms with Crippen LogP contribution in [0.2, 0.25) is 0 Å². The number of rotatable bonds is 2. The maximum Gasteiger partial charge on any atom is 0.516 e. The molecule has 4 fully saturated rings. The average molecular weight is 327 g/mol. The number of sulfonamides is 1. The Bertz CT molecular complexity index is 572. The van der Waals surface area contributed by atoms with Gasteiger partial charge in [0.15, 0.2) is 0 Å². The van der Waals surface area contributed by atoms with Gasteiger partial charge in [0, 0.05) is 0 Å². The molecule has 0 heterocycles. The number of hydrogen-bond acceptors (Lipinski definition) is 4. The fourth-order valence-corrected chi connectivity index (χ4v) is 5.34. The zero-order valence-corrected chi connectivity index (χ0v) is 11.9. The number of aliphatic hydroxyl groups is 1. The van der Waals surface area contributed by atoms with Crippen molar-refractivity contribution < 1.29 is 31.5 Å². The molecule has 0 spiro atoms. The first-order chi connectivity index (χ1) is 9.45. The number of halogens is 3. The van der Waals surface area contributed by atoms with Gasteiger partial charge in [0.05, 0.1) is 11.0 Å². The lowest BCUT2D eigenvalue weighted by atomic mass is 9.48. The van der Waals surface area contributed by atoms with Gasteiger partial charge in [-0.3, -0.25) is 4.79 Å². The molecule has 0 aliphatic heterocycles. The third-order valence-electron chi connectivity index (χ3n) is 5.04. The van der Waals surface area contributed by atoms with Crippen LogP contribution in [0.5, 0.6) is 0 Å². The normalized spacial score (nSPS) is 42.1. The molecule has 0 aromatic heterocycles. The molecule has 1 amide bonds. The summed E-state index contributed by atoms with van der Waals surface area (Å²) in [6, 6.07) is 0. The van der Waals surface area contributed by atoms with Gasteiger partial charge in [-0.15, -0.1) is 0 Å². The molecule has 4 bridgehead atoms. The minimum Gasteiger partial charge on any atom is -0.390 e. The molecule has 5 nitrogen and oxygen atoms in total. The van der Waals surface area contributed by atoms with Crippen LogP contribution in [0.1, 0.15) is 38.5 Å². The van der Waals surface area contributed by atoms with Crippen molar-refractivity contribution in [1.29, 1.82) is 0 Å². The van der Waals surface area contributed by atoms with Gasteiger partial charge in [0.2, 0.25) is 5.91 Å². The molecule has 4 rings (SSSR count). The van der Waals surface area contributed by atoms with Crippen molar-refractivity contribution in [2.45, 2.75) is 49.6 Å². The molecular formula is C12H16F3NO4S. The lowest BCUT2D eigenvalue weighted by Crippen LogP contribution is -2.61. The molecule has 2 atom stereocenters. The van der Waals surface area contributed by atoms with Gasteiger partial charge in [-0.2, -0.15) is 21.6 Å². The zero-order valence-electron chi connectivity index (χ0n) is 11.1. The Morgan fingerprint density at radius 2 is 1.67 bits per heavy atom. The van der Waals surface area contributed by atoms with Crippen LogP contribution < -0.4 is 4.72 Å². The maximum absolute atomic E-state index is 12.4. The molecule has 4 aliphatic rings. The van der Waals surface area contributed by atoms with Crippen LogP contribution in [-0.2, 0) is 14.8 Å². The lowest BCUT2D eigenvalue weighted by molar-refractivity contribution is -0.177. The van der Waals surface area contributed by atoms with E-state index in [-0.39, 0.29) is 18.3 Å². The highest BCUT2D eigenvalue weighted by Gasteiger charge is 2.61. The molecular weight excluding hydrogens is 311 g/mol. The van der Waals surface area contributed by atoms with Gasteiger partial charge in [-0.25, -0.2) is 4.72 Å². The zero-order chi connectivity index (χ0) is 15.7. The fourth-order valence-electron chi connectivity index (χ4n) is 4.77. The Morgan fingerprint density at radius 1 is 1.14 bits per heavy atom. The molecule has 4 saturated carbocycles. The van der Waals surface area contributed by atoms with Crippen molar-refractivity contribution in [2.75, 3.05) is 0 Å². The third kappa shape index (κ3) is 2.34. The van der Waals surface area contributed by atoms with Crippen molar-refractivity contribution in [3.63, 3.8) is 0 Å².